The highest BCUT2D eigenvalue weighted by molar-refractivity contribution is 6.30. The summed E-state index contributed by atoms with van der Waals surface area (Å²) in [6, 6.07) is 15.9. The molecule has 4 nitrogen and oxygen atoms in total. The van der Waals surface area contributed by atoms with Crippen LogP contribution in [0.15, 0.2) is 53.3 Å². The predicted octanol–water partition coefficient (Wildman–Crippen LogP) is -0.0669. The summed E-state index contributed by atoms with van der Waals surface area (Å²) in [6.45, 7) is 2.19. The van der Waals surface area contributed by atoms with Gasteiger partial charge in [0.2, 0.25) is 0 Å². The fourth-order valence-corrected chi connectivity index (χ4v) is 3.91. The monoisotopic (exact) mass is 447 g/mol. The minimum absolute atomic E-state index is 0. The van der Waals surface area contributed by atoms with Crippen molar-refractivity contribution in [1.82, 2.24) is 9.78 Å². The van der Waals surface area contributed by atoms with Crippen molar-refractivity contribution in [3.05, 3.63) is 75.2 Å². The number of hydrogen-bond donors (Lipinski definition) is 1. The molecule has 6 heteroatoms. The second-order valence-electron chi connectivity index (χ2n) is 7.00. The molecule has 4 rings (SSSR count). The van der Waals surface area contributed by atoms with Crippen molar-refractivity contribution in [2.45, 2.75) is 31.7 Å². The lowest BCUT2D eigenvalue weighted by molar-refractivity contribution is -0.653. The van der Waals surface area contributed by atoms with Gasteiger partial charge in [0.15, 0.2) is 0 Å². The minimum atomic E-state index is 0. The summed E-state index contributed by atoms with van der Waals surface area (Å²) in [5.41, 5.74) is 2.13. The van der Waals surface area contributed by atoms with E-state index in [1.165, 1.54) is 0 Å². The van der Waals surface area contributed by atoms with Crippen LogP contribution in [-0.4, -0.2) is 22.9 Å². The second kappa shape index (κ2) is 9.00. The van der Waals surface area contributed by atoms with Crippen molar-refractivity contribution in [1.29, 1.82) is 0 Å². The summed E-state index contributed by atoms with van der Waals surface area (Å²) in [5.74, 6) is 0. The molecule has 1 aliphatic heterocycles. The van der Waals surface area contributed by atoms with E-state index >= 15 is 0 Å². The maximum atomic E-state index is 13.1. The number of rotatable bonds is 3. The Labute approximate surface area is 174 Å². The maximum Gasteiger partial charge on any atom is 0.274 e. The van der Waals surface area contributed by atoms with Crippen LogP contribution in [0, 0.1) is 0 Å². The average molecular weight is 449 g/mol. The van der Waals surface area contributed by atoms with Gasteiger partial charge >= 0.3 is 0 Å². The van der Waals surface area contributed by atoms with Gasteiger partial charge in [0.1, 0.15) is 0 Å². The molecule has 0 radical (unpaired) electrons. The van der Waals surface area contributed by atoms with E-state index in [1.54, 1.807) is 4.68 Å². The van der Waals surface area contributed by atoms with Gasteiger partial charge in [-0.2, -0.15) is 5.10 Å². The molecule has 2 aromatic carbocycles. The van der Waals surface area contributed by atoms with Crippen LogP contribution in [0.5, 0.6) is 0 Å². The number of halogens is 2. The number of aromatic nitrogens is 2. The molecular formula is C21H23BrClN3O. The number of quaternary nitrogens is 1. The lowest BCUT2D eigenvalue weighted by Gasteiger charge is -2.18. The third-order valence-corrected chi connectivity index (χ3v) is 5.44. The maximum absolute atomic E-state index is 13.1. The van der Waals surface area contributed by atoms with E-state index in [4.69, 9.17) is 16.7 Å². The number of hydrogen-bond acceptors (Lipinski definition) is 2. The van der Waals surface area contributed by atoms with Crippen LogP contribution in [0.4, 0.5) is 0 Å². The minimum Gasteiger partial charge on any atom is -1.00 e. The van der Waals surface area contributed by atoms with E-state index < -0.39 is 0 Å². The fraction of sp³-hybridized carbons (Fsp3) is 0.333. The zero-order valence-electron chi connectivity index (χ0n) is 15.1. The van der Waals surface area contributed by atoms with Crippen LogP contribution in [-0.2, 0) is 6.42 Å². The molecule has 1 aliphatic rings. The Kier molecular flexibility index (Phi) is 6.68. The standard InChI is InChI=1S/C21H22ClN3O.BrH/c22-16-9-7-15(8-10-16)14-20-18-5-1-2-6-19(18)21(26)25(24-20)17-4-3-12-23-13-11-17;/h1-2,5-10,17,23H,3-4,11-14H2;1H. The van der Waals surface area contributed by atoms with Gasteiger partial charge in [0, 0.05) is 23.3 Å². The van der Waals surface area contributed by atoms with Gasteiger partial charge < -0.3 is 22.3 Å². The molecule has 1 saturated heterocycles. The third kappa shape index (κ3) is 4.42. The van der Waals surface area contributed by atoms with Crippen molar-refractivity contribution in [3.8, 4) is 0 Å². The second-order valence-corrected chi connectivity index (χ2v) is 7.43. The summed E-state index contributed by atoms with van der Waals surface area (Å²) in [7, 11) is 0. The highest BCUT2D eigenvalue weighted by Gasteiger charge is 2.20. The molecule has 1 unspecified atom stereocenters. The largest absolute Gasteiger partial charge is 1.00 e. The van der Waals surface area contributed by atoms with Gasteiger partial charge in [-0.25, -0.2) is 4.68 Å². The Hall–Kier alpha value is -1.69. The third-order valence-electron chi connectivity index (χ3n) is 5.19. The van der Waals surface area contributed by atoms with Gasteiger partial charge in [0.25, 0.3) is 5.56 Å². The Bertz CT molecular complexity index is 963. The van der Waals surface area contributed by atoms with Crippen molar-refractivity contribution < 1.29 is 22.3 Å². The number of fused-ring (bicyclic) bond motifs is 1. The summed E-state index contributed by atoms with van der Waals surface area (Å²) < 4.78 is 1.76. The number of nitrogens with zero attached hydrogens (tertiary/aromatic N) is 2. The Morgan fingerprint density at radius 2 is 1.78 bits per heavy atom. The molecule has 1 fully saturated rings. The van der Waals surface area contributed by atoms with Crippen molar-refractivity contribution in [2.75, 3.05) is 13.1 Å². The van der Waals surface area contributed by atoms with E-state index in [9.17, 15) is 4.79 Å². The van der Waals surface area contributed by atoms with E-state index in [2.05, 4.69) is 5.32 Å². The molecule has 0 aliphatic carbocycles. The normalized spacial score (nSPS) is 17.3. The number of benzene rings is 2. The van der Waals surface area contributed by atoms with Gasteiger partial charge in [-0.3, -0.25) is 4.79 Å². The van der Waals surface area contributed by atoms with Crippen LogP contribution < -0.4 is 27.9 Å². The first-order valence-electron chi connectivity index (χ1n) is 9.29. The highest BCUT2D eigenvalue weighted by Crippen LogP contribution is 2.22. The molecule has 0 spiro atoms. The summed E-state index contributed by atoms with van der Waals surface area (Å²) >= 11 is 6.01. The lowest BCUT2D eigenvalue weighted by atomic mass is 10.0. The van der Waals surface area contributed by atoms with Gasteiger partial charge in [-0.1, -0.05) is 41.9 Å². The Morgan fingerprint density at radius 1 is 1.04 bits per heavy atom. The topological polar surface area (TPSA) is 51.5 Å². The molecule has 0 bridgehead atoms. The van der Waals surface area contributed by atoms with Crippen LogP contribution in [0.3, 0.4) is 0 Å². The van der Waals surface area contributed by atoms with E-state index in [0.717, 1.165) is 59.4 Å². The molecule has 3 aromatic rings. The van der Waals surface area contributed by atoms with Crippen molar-refractivity contribution in [2.24, 2.45) is 0 Å². The van der Waals surface area contributed by atoms with E-state index in [1.807, 2.05) is 48.5 Å². The molecule has 1 atom stereocenters. The first-order valence-corrected chi connectivity index (χ1v) is 9.67. The summed E-state index contributed by atoms with van der Waals surface area (Å²) in [4.78, 5) is 13.1. The lowest BCUT2D eigenvalue weighted by Crippen LogP contribution is -3.00. The van der Waals surface area contributed by atoms with Crippen LogP contribution in [0.25, 0.3) is 10.8 Å². The molecular weight excluding hydrogens is 426 g/mol. The molecule has 0 amide bonds. The Morgan fingerprint density at radius 3 is 2.56 bits per heavy atom. The zero-order chi connectivity index (χ0) is 17.9. The smallest absolute Gasteiger partial charge is 0.274 e. The predicted molar refractivity (Wildman–Crippen MR) is 105 cm³/mol. The van der Waals surface area contributed by atoms with Crippen molar-refractivity contribution >= 4 is 22.4 Å². The summed E-state index contributed by atoms with van der Waals surface area (Å²) in [6.07, 6.45) is 3.82. The van der Waals surface area contributed by atoms with Crippen LogP contribution >= 0.6 is 11.6 Å². The molecule has 142 valence electrons. The molecule has 27 heavy (non-hydrogen) atoms. The molecule has 2 N–H and O–H groups in total. The SMILES string of the molecule is O=c1c2ccccc2c(Cc2ccc(Cl)cc2)nn1C1CCC[NH2+]CC1.[Br-]. The molecule has 0 saturated carbocycles. The van der Waals surface area contributed by atoms with E-state index in [-0.39, 0.29) is 28.6 Å². The van der Waals surface area contributed by atoms with Crippen LogP contribution in [0.2, 0.25) is 5.02 Å². The quantitative estimate of drug-likeness (QED) is 0.610. The van der Waals surface area contributed by atoms with Crippen molar-refractivity contribution in [3.63, 3.8) is 0 Å². The van der Waals surface area contributed by atoms with Gasteiger partial charge in [-0.15, -0.1) is 0 Å². The zero-order valence-corrected chi connectivity index (χ0v) is 17.4. The first kappa shape index (κ1) is 20.1. The van der Waals surface area contributed by atoms with Gasteiger partial charge in [-0.05, 0) is 36.6 Å². The molecule has 2 heterocycles. The van der Waals surface area contributed by atoms with Crippen LogP contribution in [0.1, 0.15) is 36.6 Å². The molecule has 1 aromatic heterocycles. The first-order chi connectivity index (χ1) is 12.7. The average Bonchev–Trinajstić information content (AvgIpc) is 2.95. The fourth-order valence-electron chi connectivity index (χ4n) is 3.79. The Balaban J connectivity index is 0.00000210. The van der Waals surface area contributed by atoms with Gasteiger partial charge in [0.05, 0.1) is 30.2 Å². The van der Waals surface area contributed by atoms with E-state index in [0.29, 0.717) is 6.42 Å². The number of nitrogens with two attached hydrogens (primary N) is 1. The highest BCUT2D eigenvalue weighted by atomic mass is 79.9. The summed E-state index contributed by atoms with van der Waals surface area (Å²) in [5, 5.41) is 9.61.